The van der Waals surface area contributed by atoms with Crippen LogP contribution in [0.3, 0.4) is 0 Å². The Labute approximate surface area is 129 Å². The molecule has 3 aromatic rings. The number of aromatic nitrogens is 4. The van der Waals surface area contributed by atoms with Crippen molar-refractivity contribution in [2.45, 2.75) is 32.1 Å². The standard InChI is InChI=1S/C17H19N5/c1-2-6-13(7-3-1)10-11-18-16-17-21-19-12-22(17)15-9-5-4-8-14(15)20-16/h4-6,8-9,12H,1-3,7,10-11H2,(H,18,20). The van der Waals surface area contributed by atoms with Crippen LogP contribution in [0, 0.1) is 0 Å². The third-order valence-corrected chi connectivity index (χ3v) is 4.26. The van der Waals surface area contributed by atoms with Crippen LogP contribution in [0.2, 0.25) is 0 Å². The third-order valence-electron chi connectivity index (χ3n) is 4.26. The van der Waals surface area contributed by atoms with Gasteiger partial charge in [-0.25, -0.2) is 4.98 Å². The number of hydrogen-bond acceptors (Lipinski definition) is 4. The average molecular weight is 293 g/mol. The van der Waals surface area contributed by atoms with Crippen LogP contribution >= 0.6 is 0 Å². The van der Waals surface area contributed by atoms with Crippen molar-refractivity contribution in [3.63, 3.8) is 0 Å². The minimum atomic E-state index is 0.788. The van der Waals surface area contributed by atoms with Gasteiger partial charge in [0.2, 0.25) is 5.65 Å². The van der Waals surface area contributed by atoms with E-state index in [-0.39, 0.29) is 0 Å². The fourth-order valence-electron chi connectivity index (χ4n) is 3.10. The van der Waals surface area contributed by atoms with Crippen LogP contribution in [0.1, 0.15) is 32.1 Å². The molecule has 0 unspecified atom stereocenters. The molecule has 1 aromatic carbocycles. The quantitative estimate of drug-likeness (QED) is 0.747. The molecule has 0 aliphatic heterocycles. The monoisotopic (exact) mass is 293 g/mol. The Morgan fingerprint density at radius 3 is 3.05 bits per heavy atom. The second-order valence-corrected chi connectivity index (χ2v) is 5.76. The molecule has 0 spiro atoms. The maximum absolute atomic E-state index is 4.70. The molecule has 22 heavy (non-hydrogen) atoms. The Kier molecular flexibility index (Phi) is 3.46. The molecule has 5 heteroatoms. The Morgan fingerprint density at radius 2 is 2.14 bits per heavy atom. The number of nitrogens with one attached hydrogen (secondary N) is 1. The molecule has 1 N–H and O–H groups in total. The lowest BCUT2D eigenvalue weighted by atomic mass is 9.97. The molecule has 0 saturated carbocycles. The molecule has 1 aliphatic rings. The lowest BCUT2D eigenvalue weighted by molar-refractivity contribution is 0.679. The fourth-order valence-corrected chi connectivity index (χ4v) is 3.10. The Hall–Kier alpha value is -2.43. The maximum atomic E-state index is 4.70. The first kappa shape index (κ1) is 13.2. The van der Waals surface area contributed by atoms with Gasteiger partial charge < -0.3 is 5.32 Å². The number of allylic oxidation sites excluding steroid dienone is 1. The molecule has 0 bridgehead atoms. The summed E-state index contributed by atoms with van der Waals surface area (Å²) in [5.74, 6) is 0.813. The van der Waals surface area contributed by atoms with E-state index in [1.807, 2.05) is 28.7 Å². The first-order valence-corrected chi connectivity index (χ1v) is 7.92. The van der Waals surface area contributed by atoms with Crippen LogP contribution in [-0.2, 0) is 0 Å². The highest BCUT2D eigenvalue weighted by atomic mass is 15.3. The van der Waals surface area contributed by atoms with E-state index in [1.165, 1.54) is 25.7 Å². The molecule has 2 aromatic heterocycles. The summed E-state index contributed by atoms with van der Waals surface area (Å²) in [7, 11) is 0. The molecule has 0 atom stereocenters. The largest absolute Gasteiger partial charge is 0.367 e. The fraction of sp³-hybridized carbons (Fsp3) is 0.353. The predicted octanol–water partition coefficient (Wildman–Crippen LogP) is 3.58. The smallest absolute Gasteiger partial charge is 0.203 e. The summed E-state index contributed by atoms with van der Waals surface area (Å²) in [5.41, 5.74) is 4.34. The first-order chi connectivity index (χ1) is 10.9. The number of fused-ring (bicyclic) bond motifs is 3. The summed E-state index contributed by atoms with van der Waals surface area (Å²) in [5, 5.41) is 11.7. The minimum absolute atomic E-state index is 0.788. The van der Waals surface area contributed by atoms with Crippen molar-refractivity contribution in [3.05, 3.63) is 42.2 Å². The normalized spacial score (nSPS) is 15.2. The summed E-state index contributed by atoms with van der Waals surface area (Å²) in [6.07, 6.45) is 10.4. The number of nitrogens with zero attached hydrogens (tertiary/aromatic N) is 4. The van der Waals surface area contributed by atoms with E-state index in [4.69, 9.17) is 4.98 Å². The van der Waals surface area contributed by atoms with Gasteiger partial charge in [-0.1, -0.05) is 23.8 Å². The lowest BCUT2D eigenvalue weighted by Crippen LogP contribution is -2.08. The van der Waals surface area contributed by atoms with Crippen molar-refractivity contribution in [2.75, 3.05) is 11.9 Å². The van der Waals surface area contributed by atoms with E-state index in [9.17, 15) is 0 Å². The van der Waals surface area contributed by atoms with Gasteiger partial charge in [0.05, 0.1) is 11.0 Å². The van der Waals surface area contributed by atoms with Crippen LogP contribution in [0.4, 0.5) is 5.82 Å². The highest BCUT2D eigenvalue weighted by Gasteiger charge is 2.10. The second-order valence-electron chi connectivity index (χ2n) is 5.76. The van der Waals surface area contributed by atoms with Crippen molar-refractivity contribution < 1.29 is 0 Å². The molecule has 0 saturated heterocycles. The summed E-state index contributed by atoms with van der Waals surface area (Å²) in [6, 6.07) is 8.06. The highest BCUT2D eigenvalue weighted by Crippen LogP contribution is 2.22. The van der Waals surface area contributed by atoms with Crippen LogP contribution in [0.5, 0.6) is 0 Å². The van der Waals surface area contributed by atoms with E-state index < -0.39 is 0 Å². The van der Waals surface area contributed by atoms with Crippen molar-refractivity contribution >= 4 is 22.5 Å². The van der Waals surface area contributed by atoms with Crippen LogP contribution in [0.15, 0.2) is 42.2 Å². The van der Waals surface area contributed by atoms with Gasteiger partial charge in [0.1, 0.15) is 6.33 Å². The summed E-state index contributed by atoms with van der Waals surface area (Å²) in [6.45, 7) is 0.889. The molecule has 0 amide bonds. The average Bonchev–Trinajstić information content (AvgIpc) is 3.06. The zero-order valence-corrected chi connectivity index (χ0v) is 12.5. The van der Waals surface area contributed by atoms with Gasteiger partial charge in [0.25, 0.3) is 0 Å². The zero-order chi connectivity index (χ0) is 14.8. The molecular weight excluding hydrogens is 274 g/mol. The van der Waals surface area contributed by atoms with E-state index in [0.717, 1.165) is 35.5 Å². The molecule has 4 rings (SSSR count). The summed E-state index contributed by atoms with van der Waals surface area (Å²) in [4.78, 5) is 4.70. The SMILES string of the molecule is C1=C(CCNc2nc3ccccc3n3cnnc23)CCCC1. The third kappa shape index (κ3) is 2.43. The Bertz CT molecular complexity index is 833. The number of para-hydroxylation sites is 2. The number of anilines is 1. The maximum Gasteiger partial charge on any atom is 0.203 e. The topological polar surface area (TPSA) is 55.1 Å². The molecule has 1 aliphatic carbocycles. The molecule has 2 heterocycles. The van der Waals surface area contributed by atoms with Crippen LogP contribution in [0.25, 0.3) is 16.7 Å². The number of rotatable bonds is 4. The number of hydrogen-bond donors (Lipinski definition) is 1. The predicted molar refractivity (Wildman–Crippen MR) is 87.9 cm³/mol. The summed E-state index contributed by atoms with van der Waals surface area (Å²) < 4.78 is 1.99. The van der Waals surface area contributed by atoms with Gasteiger partial charge >= 0.3 is 0 Å². The van der Waals surface area contributed by atoms with Gasteiger partial charge in [-0.05, 0) is 44.2 Å². The number of benzene rings is 1. The first-order valence-electron chi connectivity index (χ1n) is 7.92. The van der Waals surface area contributed by atoms with Gasteiger partial charge in [0, 0.05) is 6.54 Å². The van der Waals surface area contributed by atoms with Crippen molar-refractivity contribution in [1.82, 2.24) is 19.6 Å². The van der Waals surface area contributed by atoms with Crippen molar-refractivity contribution in [1.29, 1.82) is 0 Å². The molecule has 0 radical (unpaired) electrons. The van der Waals surface area contributed by atoms with E-state index in [1.54, 1.807) is 11.9 Å². The highest BCUT2D eigenvalue weighted by molar-refractivity contribution is 5.82. The second kappa shape index (κ2) is 5.75. The van der Waals surface area contributed by atoms with Gasteiger partial charge in [-0.3, -0.25) is 4.40 Å². The summed E-state index contributed by atoms with van der Waals surface area (Å²) >= 11 is 0. The van der Waals surface area contributed by atoms with Crippen LogP contribution in [-0.4, -0.2) is 26.1 Å². The van der Waals surface area contributed by atoms with Crippen molar-refractivity contribution in [3.8, 4) is 0 Å². The minimum Gasteiger partial charge on any atom is -0.367 e. The van der Waals surface area contributed by atoms with Crippen molar-refractivity contribution in [2.24, 2.45) is 0 Å². The molecule has 0 fully saturated rings. The Morgan fingerprint density at radius 1 is 1.18 bits per heavy atom. The van der Waals surface area contributed by atoms with E-state index in [0.29, 0.717) is 0 Å². The van der Waals surface area contributed by atoms with Crippen LogP contribution < -0.4 is 5.32 Å². The van der Waals surface area contributed by atoms with E-state index >= 15 is 0 Å². The molecule has 5 nitrogen and oxygen atoms in total. The van der Waals surface area contributed by atoms with E-state index in [2.05, 4.69) is 21.6 Å². The zero-order valence-electron chi connectivity index (χ0n) is 12.5. The van der Waals surface area contributed by atoms with Gasteiger partial charge in [0.15, 0.2) is 5.82 Å². The lowest BCUT2D eigenvalue weighted by Gasteiger charge is -2.13. The van der Waals surface area contributed by atoms with Gasteiger partial charge in [-0.15, -0.1) is 10.2 Å². The molecule has 112 valence electrons. The Balaban J connectivity index is 1.60. The molecular formula is C17H19N5. The van der Waals surface area contributed by atoms with Gasteiger partial charge in [-0.2, -0.15) is 0 Å².